The van der Waals surface area contributed by atoms with Crippen LogP contribution in [0.4, 0.5) is 17.6 Å². The number of carboxylic acids is 4. The van der Waals surface area contributed by atoms with Gasteiger partial charge in [0.15, 0.2) is 0 Å². The van der Waals surface area contributed by atoms with Crippen molar-refractivity contribution in [3.05, 3.63) is 69.8 Å². The Labute approximate surface area is 151 Å². The Hall–Kier alpha value is -3.96. The van der Waals surface area contributed by atoms with E-state index in [9.17, 15) is 36.7 Å². The lowest BCUT2D eigenvalue weighted by atomic mass is 10.1. The first-order valence-corrected chi connectivity index (χ1v) is 6.79. The molecule has 2 aromatic carbocycles. The Morgan fingerprint density at radius 2 is 0.607 bits per heavy atom. The Kier molecular flexibility index (Phi) is 6.80. The highest BCUT2D eigenvalue weighted by atomic mass is 19.1. The molecule has 28 heavy (non-hydrogen) atoms. The highest BCUT2D eigenvalue weighted by molar-refractivity contribution is 6.02. The van der Waals surface area contributed by atoms with Gasteiger partial charge in [-0.2, -0.15) is 0 Å². The van der Waals surface area contributed by atoms with Crippen LogP contribution in [0.5, 0.6) is 0 Å². The van der Waals surface area contributed by atoms with E-state index in [-0.39, 0.29) is 0 Å². The number of carbonyl (C=O) groups is 4. The van der Waals surface area contributed by atoms with Gasteiger partial charge in [0.25, 0.3) is 0 Å². The summed E-state index contributed by atoms with van der Waals surface area (Å²) in [5, 5.41) is 33.8. The molecule has 0 heterocycles. The number of carboxylic acid groups (broad SMARTS) is 4. The van der Waals surface area contributed by atoms with Crippen LogP contribution in [0.15, 0.2) is 24.3 Å². The van der Waals surface area contributed by atoms with Crippen LogP contribution >= 0.6 is 0 Å². The maximum atomic E-state index is 12.8. The van der Waals surface area contributed by atoms with Crippen molar-refractivity contribution >= 4 is 23.9 Å². The zero-order valence-electron chi connectivity index (χ0n) is 13.2. The van der Waals surface area contributed by atoms with Gasteiger partial charge in [0, 0.05) is 0 Å². The predicted octanol–water partition coefficient (Wildman–Crippen LogP) is 2.72. The van der Waals surface area contributed by atoms with Crippen molar-refractivity contribution in [2.24, 2.45) is 0 Å². The van der Waals surface area contributed by atoms with Crippen molar-refractivity contribution in [1.82, 2.24) is 0 Å². The molecule has 0 aromatic heterocycles. The summed E-state index contributed by atoms with van der Waals surface area (Å²) in [6.45, 7) is 0. The molecular formula is C16H8F4O8. The summed E-state index contributed by atoms with van der Waals surface area (Å²) in [4.78, 5) is 41.7. The van der Waals surface area contributed by atoms with Crippen LogP contribution in [0, 0.1) is 23.3 Å². The molecule has 0 radical (unpaired) electrons. The van der Waals surface area contributed by atoms with E-state index in [1.165, 1.54) is 0 Å². The summed E-state index contributed by atoms with van der Waals surface area (Å²) in [6.07, 6.45) is 0. The van der Waals surface area contributed by atoms with E-state index in [0.717, 1.165) is 0 Å². The summed E-state index contributed by atoms with van der Waals surface area (Å²) in [6, 6.07) is 2.24. The molecule has 0 fully saturated rings. The zero-order valence-corrected chi connectivity index (χ0v) is 13.2. The lowest BCUT2D eigenvalue weighted by Crippen LogP contribution is -2.13. The lowest BCUT2D eigenvalue weighted by molar-refractivity contribution is 0.0642. The molecule has 2 aromatic rings. The van der Waals surface area contributed by atoms with Gasteiger partial charge in [0.05, 0.1) is 0 Å². The SMILES string of the molecule is O=C(O)c1c(F)ccc(F)c1C(=O)O.O=C(O)c1c(F)ccc(F)c1C(=O)O. The molecule has 0 spiro atoms. The first-order valence-electron chi connectivity index (χ1n) is 6.79. The largest absolute Gasteiger partial charge is 0.478 e. The fourth-order valence-corrected chi connectivity index (χ4v) is 1.94. The first kappa shape index (κ1) is 22.1. The normalized spacial score (nSPS) is 9.86. The summed E-state index contributed by atoms with van der Waals surface area (Å²) < 4.78 is 51.3. The fourth-order valence-electron chi connectivity index (χ4n) is 1.94. The van der Waals surface area contributed by atoms with Crippen molar-refractivity contribution < 1.29 is 57.2 Å². The predicted molar refractivity (Wildman–Crippen MR) is 80.6 cm³/mol. The highest BCUT2D eigenvalue weighted by Crippen LogP contribution is 2.18. The van der Waals surface area contributed by atoms with Crippen molar-refractivity contribution in [3.8, 4) is 0 Å². The van der Waals surface area contributed by atoms with E-state index >= 15 is 0 Å². The Balaban J connectivity index is 0.000000280. The second-order valence-electron chi connectivity index (χ2n) is 4.78. The minimum atomic E-state index is -1.82. The molecule has 0 aliphatic heterocycles. The summed E-state index contributed by atoms with van der Waals surface area (Å²) in [5.74, 6) is -12.4. The first-order chi connectivity index (χ1) is 12.9. The topological polar surface area (TPSA) is 149 Å². The van der Waals surface area contributed by atoms with Crippen molar-refractivity contribution in [1.29, 1.82) is 0 Å². The van der Waals surface area contributed by atoms with Gasteiger partial charge in [-0.25, -0.2) is 36.7 Å². The molecule has 0 saturated heterocycles. The zero-order chi connectivity index (χ0) is 21.8. The maximum absolute atomic E-state index is 12.8. The molecule has 4 N–H and O–H groups in total. The van der Waals surface area contributed by atoms with Gasteiger partial charge in [-0.3, -0.25) is 0 Å². The number of aromatic carboxylic acids is 4. The molecule has 0 unspecified atom stereocenters. The number of rotatable bonds is 4. The minimum Gasteiger partial charge on any atom is -0.478 e. The van der Waals surface area contributed by atoms with Crippen molar-refractivity contribution in [2.45, 2.75) is 0 Å². The monoisotopic (exact) mass is 404 g/mol. The van der Waals surface area contributed by atoms with Gasteiger partial charge in [0.2, 0.25) is 0 Å². The Bertz CT molecular complexity index is 830. The quantitative estimate of drug-likeness (QED) is 0.568. The van der Waals surface area contributed by atoms with E-state index in [2.05, 4.69) is 0 Å². The molecule has 0 atom stereocenters. The van der Waals surface area contributed by atoms with Crippen LogP contribution < -0.4 is 0 Å². The second-order valence-corrected chi connectivity index (χ2v) is 4.78. The number of halogens is 4. The van der Waals surface area contributed by atoms with E-state index in [1.807, 2.05) is 0 Å². The number of hydrogen-bond donors (Lipinski definition) is 4. The standard InChI is InChI=1S/2C8H4F2O4/c2*9-3-1-2-4(10)6(8(13)14)5(3)7(11)12/h2*1-2H,(H,11,12)(H,13,14). The Morgan fingerprint density at radius 1 is 0.464 bits per heavy atom. The van der Waals surface area contributed by atoms with Gasteiger partial charge in [-0.05, 0) is 24.3 Å². The third kappa shape index (κ3) is 4.60. The van der Waals surface area contributed by atoms with Crippen LogP contribution in [-0.2, 0) is 0 Å². The van der Waals surface area contributed by atoms with Crippen molar-refractivity contribution in [2.75, 3.05) is 0 Å². The van der Waals surface area contributed by atoms with Gasteiger partial charge in [-0.15, -0.1) is 0 Å². The molecule has 2 rings (SSSR count). The molecule has 0 saturated carbocycles. The van der Waals surface area contributed by atoms with E-state index in [1.54, 1.807) is 0 Å². The highest BCUT2D eigenvalue weighted by Gasteiger charge is 2.25. The average Bonchev–Trinajstić information content (AvgIpc) is 2.57. The third-order valence-corrected chi connectivity index (χ3v) is 3.06. The number of hydrogen-bond acceptors (Lipinski definition) is 4. The van der Waals surface area contributed by atoms with Gasteiger partial charge < -0.3 is 20.4 Å². The average molecular weight is 404 g/mol. The smallest absolute Gasteiger partial charge is 0.339 e. The third-order valence-electron chi connectivity index (χ3n) is 3.06. The van der Waals surface area contributed by atoms with Crippen LogP contribution in [0.1, 0.15) is 41.4 Å². The molecule has 12 heteroatoms. The minimum absolute atomic E-state index is 0.561. The van der Waals surface area contributed by atoms with Gasteiger partial charge in [0.1, 0.15) is 45.5 Å². The van der Waals surface area contributed by atoms with E-state index in [0.29, 0.717) is 24.3 Å². The van der Waals surface area contributed by atoms with Crippen LogP contribution in [-0.4, -0.2) is 44.3 Å². The molecule has 0 amide bonds. The maximum Gasteiger partial charge on any atom is 0.339 e. The van der Waals surface area contributed by atoms with Crippen LogP contribution in [0.2, 0.25) is 0 Å². The van der Waals surface area contributed by atoms with Crippen molar-refractivity contribution in [3.63, 3.8) is 0 Å². The second kappa shape index (κ2) is 8.62. The summed E-state index contributed by atoms with van der Waals surface area (Å²) >= 11 is 0. The van der Waals surface area contributed by atoms with Gasteiger partial charge in [-0.1, -0.05) is 0 Å². The van der Waals surface area contributed by atoms with E-state index in [4.69, 9.17) is 20.4 Å². The van der Waals surface area contributed by atoms with E-state index < -0.39 is 69.4 Å². The molecule has 0 bridgehead atoms. The molecule has 148 valence electrons. The number of benzene rings is 2. The summed E-state index contributed by atoms with van der Waals surface area (Å²) in [5.41, 5.74) is -4.68. The Morgan fingerprint density at radius 3 is 0.714 bits per heavy atom. The van der Waals surface area contributed by atoms with Crippen LogP contribution in [0.25, 0.3) is 0 Å². The molecule has 0 aliphatic rings. The summed E-state index contributed by atoms with van der Waals surface area (Å²) in [7, 11) is 0. The molecule has 8 nitrogen and oxygen atoms in total. The lowest BCUT2D eigenvalue weighted by Gasteiger charge is -2.03. The fraction of sp³-hybridized carbons (Fsp3) is 0. The molecule has 0 aliphatic carbocycles. The van der Waals surface area contributed by atoms with Gasteiger partial charge >= 0.3 is 23.9 Å². The van der Waals surface area contributed by atoms with Crippen LogP contribution in [0.3, 0.4) is 0 Å². The molecular weight excluding hydrogens is 396 g/mol.